The van der Waals surface area contributed by atoms with Gasteiger partial charge in [-0.1, -0.05) is 29.4 Å². The van der Waals surface area contributed by atoms with E-state index in [1.807, 2.05) is 0 Å². The maximum atomic E-state index is 14.2. The number of Topliss-reactive ketones (excluding diaryl/α,β-unsaturated/α-hetero) is 2. The van der Waals surface area contributed by atoms with Crippen molar-refractivity contribution >= 4 is 23.2 Å². The lowest BCUT2D eigenvalue weighted by Gasteiger charge is -2.27. The molecule has 35 heavy (non-hydrogen) atoms. The molecule has 1 aliphatic rings. The Balaban J connectivity index is 1.58. The normalized spacial score (nSPS) is 17.6. The summed E-state index contributed by atoms with van der Waals surface area (Å²) in [7, 11) is 1.50. The summed E-state index contributed by atoms with van der Waals surface area (Å²) in [6.45, 7) is 0. The quantitative estimate of drug-likeness (QED) is 0.232. The summed E-state index contributed by atoms with van der Waals surface area (Å²) < 4.78 is 24.2. The molecule has 0 aliphatic carbocycles. The zero-order valence-corrected chi connectivity index (χ0v) is 18.6. The molecule has 2 heterocycles. The molecule has 1 amide bonds. The molecule has 2 atom stereocenters. The molecule has 7 nitrogen and oxygen atoms in total. The number of carbonyl (C=O) groups excluding carboxylic acids is 3. The predicted octanol–water partition coefficient (Wildman–Crippen LogP) is 4.65. The first kappa shape index (κ1) is 22.2. The van der Waals surface area contributed by atoms with Crippen molar-refractivity contribution in [2.75, 3.05) is 12.0 Å². The van der Waals surface area contributed by atoms with E-state index in [1.54, 1.807) is 48.5 Å². The number of ketones is 2. The Morgan fingerprint density at radius 3 is 2.37 bits per heavy atom. The van der Waals surface area contributed by atoms with E-state index in [0.717, 1.165) is 5.56 Å². The summed E-state index contributed by atoms with van der Waals surface area (Å²) in [6.07, 6.45) is 1.45. The average Bonchev–Trinajstić information content (AvgIpc) is 3.51. The van der Waals surface area contributed by atoms with Gasteiger partial charge in [-0.15, -0.1) is 0 Å². The Morgan fingerprint density at radius 1 is 1.00 bits per heavy atom. The number of ether oxygens (including phenoxy) is 1. The van der Waals surface area contributed by atoms with Crippen LogP contribution in [0.3, 0.4) is 0 Å². The highest BCUT2D eigenvalue weighted by Gasteiger charge is 2.52. The number of halogens is 1. The van der Waals surface area contributed by atoms with Gasteiger partial charge in [0.05, 0.1) is 13.2 Å². The minimum atomic E-state index is -1.34. The number of aromatic nitrogens is 1. The lowest BCUT2D eigenvalue weighted by molar-refractivity contribution is -0.135. The largest absolute Gasteiger partial charge is 0.497 e. The van der Waals surface area contributed by atoms with Crippen LogP contribution in [0.4, 0.5) is 10.1 Å². The van der Waals surface area contributed by atoms with Gasteiger partial charge in [-0.3, -0.25) is 19.3 Å². The van der Waals surface area contributed by atoms with Gasteiger partial charge in [0, 0.05) is 22.9 Å². The highest BCUT2D eigenvalue weighted by Crippen LogP contribution is 2.41. The molecule has 2 unspecified atom stereocenters. The second-order valence-corrected chi connectivity index (χ2v) is 8.04. The molecule has 0 spiro atoms. The van der Waals surface area contributed by atoms with Crippen molar-refractivity contribution < 1.29 is 28.0 Å². The highest BCUT2D eigenvalue weighted by molar-refractivity contribution is 6.49. The standard InChI is InChI=1S/C27H19FN2O5/c1-34-21-11-7-17(8-12-21)25(31)23-24(18-3-2-4-19(28)15-18)30(27(33)26(23)32)20-9-5-16(6-10-20)22-13-14-35-29-22/h2-15,23-24H,1H3. The molecule has 8 heteroatoms. The summed E-state index contributed by atoms with van der Waals surface area (Å²) in [5, 5.41) is 3.89. The van der Waals surface area contributed by atoms with Crippen LogP contribution in [0.2, 0.25) is 0 Å². The van der Waals surface area contributed by atoms with Crippen LogP contribution in [0.5, 0.6) is 5.75 Å². The number of amides is 1. The Morgan fingerprint density at radius 2 is 1.74 bits per heavy atom. The van der Waals surface area contributed by atoms with Crippen LogP contribution in [-0.2, 0) is 9.59 Å². The molecular weight excluding hydrogens is 451 g/mol. The number of benzene rings is 3. The maximum Gasteiger partial charge on any atom is 0.295 e. The van der Waals surface area contributed by atoms with E-state index in [1.165, 1.54) is 48.6 Å². The first-order valence-corrected chi connectivity index (χ1v) is 10.8. The van der Waals surface area contributed by atoms with Gasteiger partial charge in [-0.2, -0.15) is 0 Å². The monoisotopic (exact) mass is 470 g/mol. The topological polar surface area (TPSA) is 89.7 Å². The minimum absolute atomic E-state index is 0.251. The lowest BCUT2D eigenvalue weighted by Crippen LogP contribution is -2.30. The Hall–Kier alpha value is -4.59. The first-order valence-electron chi connectivity index (χ1n) is 10.8. The highest BCUT2D eigenvalue weighted by atomic mass is 19.1. The zero-order chi connectivity index (χ0) is 24.5. The Kier molecular flexibility index (Phi) is 5.70. The van der Waals surface area contributed by atoms with Gasteiger partial charge in [0.2, 0.25) is 5.78 Å². The molecule has 5 rings (SSSR count). The number of anilines is 1. The van der Waals surface area contributed by atoms with Crippen molar-refractivity contribution in [3.8, 4) is 17.0 Å². The van der Waals surface area contributed by atoms with Crippen LogP contribution < -0.4 is 9.64 Å². The fraction of sp³-hybridized carbons (Fsp3) is 0.111. The fourth-order valence-electron chi connectivity index (χ4n) is 4.33. The van der Waals surface area contributed by atoms with E-state index in [0.29, 0.717) is 22.7 Å². The van der Waals surface area contributed by atoms with Gasteiger partial charge in [0.15, 0.2) is 5.78 Å². The van der Waals surface area contributed by atoms with E-state index < -0.39 is 35.3 Å². The van der Waals surface area contributed by atoms with Gasteiger partial charge in [0.25, 0.3) is 5.91 Å². The molecule has 3 aromatic carbocycles. The van der Waals surface area contributed by atoms with Crippen molar-refractivity contribution in [3.63, 3.8) is 0 Å². The van der Waals surface area contributed by atoms with Gasteiger partial charge < -0.3 is 9.26 Å². The van der Waals surface area contributed by atoms with Crippen molar-refractivity contribution in [2.24, 2.45) is 5.92 Å². The van der Waals surface area contributed by atoms with E-state index in [9.17, 15) is 18.8 Å². The van der Waals surface area contributed by atoms with E-state index in [-0.39, 0.29) is 5.56 Å². The number of rotatable bonds is 6. The maximum absolute atomic E-state index is 14.2. The van der Waals surface area contributed by atoms with Crippen LogP contribution in [-0.4, -0.2) is 29.7 Å². The summed E-state index contributed by atoms with van der Waals surface area (Å²) in [5.74, 6) is -3.53. The molecule has 1 aromatic heterocycles. The Bertz CT molecular complexity index is 1400. The van der Waals surface area contributed by atoms with Gasteiger partial charge in [0.1, 0.15) is 29.4 Å². The molecule has 1 fully saturated rings. The second kappa shape index (κ2) is 8.98. The third-order valence-electron chi connectivity index (χ3n) is 6.03. The molecule has 0 N–H and O–H groups in total. The minimum Gasteiger partial charge on any atom is -0.497 e. The van der Waals surface area contributed by atoms with Gasteiger partial charge in [-0.05, 0) is 54.1 Å². The average molecular weight is 470 g/mol. The third kappa shape index (κ3) is 3.99. The molecule has 4 aromatic rings. The van der Waals surface area contributed by atoms with E-state index in [2.05, 4.69) is 5.16 Å². The van der Waals surface area contributed by atoms with E-state index in [4.69, 9.17) is 9.26 Å². The molecule has 1 aliphatic heterocycles. The summed E-state index contributed by atoms with van der Waals surface area (Å²) in [6, 6.07) is 19.3. The first-order chi connectivity index (χ1) is 17.0. The molecule has 0 bridgehead atoms. The summed E-state index contributed by atoms with van der Waals surface area (Å²) in [5.41, 5.74) is 2.34. The number of methoxy groups -OCH3 is 1. The van der Waals surface area contributed by atoms with Crippen molar-refractivity contribution in [1.82, 2.24) is 5.16 Å². The smallest absolute Gasteiger partial charge is 0.295 e. The third-order valence-corrected chi connectivity index (χ3v) is 6.03. The molecule has 1 saturated heterocycles. The van der Waals surface area contributed by atoms with Crippen LogP contribution in [0.15, 0.2) is 89.6 Å². The number of carbonyl (C=O) groups is 3. The number of hydrogen-bond donors (Lipinski definition) is 0. The summed E-state index contributed by atoms with van der Waals surface area (Å²) >= 11 is 0. The number of hydrogen-bond acceptors (Lipinski definition) is 6. The van der Waals surface area contributed by atoms with Gasteiger partial charge in [-0.25, -0.2) is 4.39 Å². The second-order valence-electron chi connectivity index (χ2n) is 8.04. The predicted molar refractivity (Wildman–Crippen MR) is 124 cm³/mol. The van der Waals surface area contributed by atoms with Crippen LogP contribution in [0.1, 0.15) is 22.0 Å². The van der Waals surface area contributed by atoms with Crippen molar-refractivity contribution in [3.05, 3.63) is 102 Å². The molecule has 174 valence electrons. The molecule has 0 radical (unpaired) electrons. The summed E-state index contributed by atoms with van der Waals surface area (Å²) in [4.78, 5) is 41.2. The molecular formula is C27H19FN2O5. The van der Waals surface area contributed by atoms with Crippen LogP contribution in [0.25, 0.3) is 11.3 Å². The van der Waals surface area contributed by atoms with Gasteiger partial charge >= 0.3 is 0 Å². The Labute approximate surface area is 199 Å². The van der Waals surface area contributed by atoms with Crippen LogP contribution >= 0.6 is 0 Å². The van der Waals surface area contributed by atoms with Crippen molar-refractivity contribution in [1.29, 1.82) is 0 Å². The zero-order valence-electron chi connectivity index (χ0n) is 18.6. The molecule has 0 saturated carbocycles. The van der Waals surface area contributed by atoms with Crippen LogP contribution in [0, 0.1) is 11.7 Å². The fourth-order valence-corrected chi connectivity index (χ4v) is 4.33. The lowest BCUT2D eigenvalue weighted by atomic mass is 9.86. The van der Waals surface area contributed by atoms with E-state index >= 15 is 0 Å². The SMILES string of the molecule is COc1ccc(C(=O)C2C(=O)C(=O)N(c3ccc(-c4ccon4)cc3)C2c2cccc(F)c2)cc1. The van der Waals surface area contributed by atoms with Crippen molar-refractivity contribution in [2.45, 2.75) is 6.04 Å². The number of nitrogens with zero attached hydrogens (tertiary/aromatic N) is 2.